The van der Waals surface area contributed by atoms with Crippen LogP contribution in [0.4, 0.5) is 13.2 Å². The minimum absolute atomic E-state index is 0.00345. The van der Waals surface area contributed by atoms with Crippen molar-refractivity contribution in [1.29, 1.82) is 0 Å². The normalized spacial score (nSPS) is 11.7. The molecule has 0 saturated heterocycles. The van der Waals surface area contributed by atoms with Crippen molar-refractivity contribution in [2.75, 3.05) is 26.2 Å². The highest BCUT2D eigenvalue weighted by Gasteiger charge is 2.34. The van der Waals surface area contributed by atoms with Crippen LogP contribution in [-0.2, 0) is 23.9 Å². The van der Waals surface area contributed by atoms with Gasteiger partial charge in [-0.1, -0.05) is 148 Å². The van der Waals surface area contributed by atoms with E-state index in [1.807, 2.05) is 60.7 Å². The first kappa shape index (κ1) is 40.0. The largest absolute Gasteiger partial charge is 0.494 e. The first-order valence-electron chi connectivity index (χ1n) is 18.4. The number of halogens is 4. The van der Waals surface area contributed by atoms with Gasteiger partial charge < -0.3 is 10.1 Å². The van der Waals surface area contributed by atoms with Gasteiger partial charge in [0.1, 0.15) is 5.75 Å². The van der Waals surface area contributed by atoms with Crippen molar-refractivity contribution in [3.8, 4) is 5.75 Å². The molecular weight excluding hydrogens is 669 g/mol. The smallest absolute Gasteiger partial charge is 0.417 e. The van der Waals surface area contributed by atoms with Crippen molar-refractivity contribution in [2.45, 2.75) is 89.8 Å². The van der Waals surface area contributed by atoms with E-state index in [9.17, 15) is 18.0 Å². The molecule has 1 amide bonds. The Kier molecular flexibility index (Phi) is 16.9. The number of rotatable bonds is 22. The number of carbonyl (C=O) groups is 1. The Morgan fingerprint density at radius 1 is 0.784 bits per heavy atom. The lowest BCUT2D eigenvalue weighted by Crippen LogP contribution is -2.31. The summed E-state index contributed by atoms with van der Waals surface area (Å²) in [6.45, 7) is 4.73. The second kappa shape index (κ2) is 21.5. The van der Waals surface area contributed by atoms with Crippen LogP contribution >= 0.6 is 11.6 Å². The van der Waals surface area contributed by atoms with Crippen molar-refractivity contribution in [2.24, 2.45) is 0 Å². The lowest BCUT2D eigenvalue weighted by Gasteiger charge is -2.29. The van der Waals surface area contributed by atoms with Crippen molar-refractivity contribution in [1.82, 2.24) is 10.2 Å². The number of nitrogens with one attached hydrogen (secondary N) is 1. The molecule has 0 unspecified atom stereocenters. The summed E-state index contributed by atoms with van der Waals surface area (Å²) in [7, 11) is 0. The number of amides is 1. The van der Waals surface area contributed by atoms with Gasteiger partial charge in [0.05, 0.1) is 23.6 Å². The topological polar surface area (TPSA) is 41.6 Å². The zero-order chi connectivity index (χ0) is 36.3. The monoisotopic (exact) mass is 720 g/mol. The van der Waals surface area contributed by atoms with Crippen LogP contribution in [0.1, 0.15) is 98.4 Å². The molecule has 8 heteroatoms. The second-order valence-corrected chi connectivity index (χ2v) is 13.6. The van der Waals surface area contributed by atoms with Crippen LogP contribution in [0.2, 0.25) is 5.02 Å². The first-order valence-corrected chi connectivity index (χ1v) is 18.8. The molecule has 0 aliphatic rings. The number of alkyl halides is 3. The van der Waals surface area contributed by atoms with Gasteiger partial charge in [-0.3, -0.25) is 9.69 Å². The number of hydrogen-bond donors (Lipinski definition) is 1. The highest BCUT2D eigenvalue weighted by Crippen LogP contribution is 2.37. The van der Waals surface area contributed by atoms with Crippen LogP contribution in [0, 0.1) is 0 Å². The number of carbonyl (C=O) groups excluding carboxylic acids is 1. The van der Waals surface area contributed by atoms with Gasteiger partial charge in [0.25, 0.3) is 0 Å². The summed E-state index contributed by atoms with van der Waals surface area (Å²) in [4.78, 5) is 14.7. The Bertz CT molecular complexity index is 1540. The maximum absolute atomic E-state index is 13.7. The predicted molar refractivity (Wildman–Crippen MR) is 202 cm³/mol. The van der Waals surface area contributed by atoms with E-state index in [-0.39, 0.29) is 23.4 Å². The molecule has 0 heterocycles. The van der Waals surface area contributed by atoms with E-state index < -0.39 is 11.7 Å². The van der Waals surface area contributed by atoms with Gasteiger partial charge in [0.15, 0.2) is 0 Å². The molecule has 0 saturated carbocycles. The molecular formula is C43H52ClF3N2O2. The van der Waals surface area contributed by atoms with Crippen molar-refractivity contribution < 1.29 is 22.7 Å². The number of hydrogen-bond acceptors (Lipinski definition) is 3. The molecule has 0 aromatic heterocycles. The molecule has 4 aromatic carbocycles. The third-order valence-electron chi connectivity index (χ3n) is 9.13. The zero-order valence-electron chi connectivity index (χ0n) is 29.8. The fourth-order valence-electron chi connectivity index (χ4n) is 6.39. The van der Waals surface area contributed by atoms with E-state index >= 15 is 0 Å². The number of nitrogens with zero attached hydrogens (tertiary/aromatic N) is 1. The summed E-state index contributed by atoms with van der Waals surface area (Å²) in [5.41, 5.74) is 2.74. The molecule has 274 valence electrons. The van der Waals surface area contributed by atoms with E-state index in [0.717, 1.165) is 35.6 Å². The van der Waals surface area contributed by atoms with E-state index in [1.165, 1.54) is 44.6 Å². The predicted octanol–water partition coefficient (Wildman–Crippen LogP) is 11.3. The van der Waals surface area contributed by atoms with E-state index in [4.69, 9.17) is 16.3 Å². The van der Waals surface area contributed by atoms with Gasteiger partial charge in [-0.25, -0.2) is 0 Å². The average molecular weight is 721 g/mol. The molecule has 4 aromatic rings. The molecule has 0 radical (unpaired) electrons. The van der Waals surface area contributed by atoms with Crippen LogP contribution in [0.3, 0.4) is 0 Å². The quantitative estimate of drug-likeness (QED) is 0.0822. The Hall–Kier alpha value is -3.81. The summed E-state index contributed by atoms with van der Waals surface area (Å²) >= 11 is 6.37. The van der Waals surface area contributed by atoms with Crippen LogP contribution < -0.4 is 10.1 Å². The summed E-state index contributed by atoms with van der Waals surface area (Å²) in [6.07, 6.45) is 6.20. The van der Waals surface area contributed by atoms with Gasteiger partial charge in [-0.05, 0) is 53.3 Å². The van der Waals surface area contributed by atoms with Crippen LogP contribution in [-0.4, -0.2) is 37.0 Å². The van der Waals surface area contributed by atoms with Crippen LogP contribution in [0.25, 0.3) is 0 Å². The number of ether oxygens (including phenoxy) is 1. The molecule has 1 N–H and O–H groups in total. The minimum atomic E-state index is -4.54. The standard InChI is InChI=1S/C43H52ClF3N2O2/c1-2-3-4-5-6-7-8-15-27-48-41(50)31-34-19-16-25-38(30-34)51-29-18-28-49(32-37-24-17-26-40(42(37)44)43(45,46)47)33-39(35-20-11-9-12-21-35)36-22-13-10-14-23-36/h9-14,16-17,19-26,30,39H,2-8,15,18,27-29,31-33H2,1H3,(H,48,50). The Morgan fingerprint density at radius 3 is 2.06 bits per heavy atom. The van der Waals surface area contributed by atoms with Gasteiger partial charge in [0.2, 0.25) is 5.91 Å². The van der Waals surface area contributed by atoms with E-state index in [2.05, 4.69) is 41.4 Å². The molecule has 51 heavy (non-hydrogen) atoms. The molecule has 0 atom stereocenters. The third kappa shape index (κ3) is 14.0. The fourth-order valence-corrected chi connectivity index (χ4v) is 6.68. The second-order valence-electron chi connectivity index (χ2n) is 13.2. The maximum atomic E-state index is 13.7. The minimum Gasteiger partial charge on any atom is -0.494 e. The highest BCUT2D eigenvalue weighted by molar-refractivity contribution is 6.32. The molecule has 0 aliphatic carbocycles. The lowest BCUT2D eigenvalue weighted by molar-refractivity contribution is -0.137. The summed E-state index contributed by atoms with van der Waals surface area (Å²) < 4.78 is 47.3. The molecule has 0 aliphatic heterocycles. The van der Waals surface area contributed by atoms with Gasteiger partial charge in [0, 0.05) is 32.1 Å². The molecule has 0 spiro atoms. The maximum Gasteiger partial charge on any atom is 0.417 e. The van der Waals surface area contributed by atoms with Gasteiger partial charge >= 0.3 is 6.18 Å². The van der Waals surface area contributed by atoms with Crippen molar-refractivity contribution in [3.05, 3.63) is 136 Å². The SMILES string of the molecule is CCCCCCCCCCNC(=O)Cc1cccc(OCCCN(Cc2cccc(C(F)(F)F)c2Cl)CC(c2ccccc2)c2ccccc2)c1. The van der Waals surface area contributed by atoms with Crippen molar-refractivity contribution >= 4 is 17.5 Å². The molecule has 0 bridgehead atoms. The zero-order valence-corrected chi connectivity index (χ0v) is 30.5. The average Bonchev–Trinajstić information content (AvgIpc) is 3.12. The molecule has 4 rings (SSSR count). The first-order chi connectivity index (χ1) is 24.7. The molecule has 0 fully saturated rings. The van der Waals surface area contributed by atoms with Gasteiger partial charge in [-0.15, -0.1) is 0 Å². The Balaban J connectivity index is 1.34. The summed E-state index contributed by atoms with van der Waals surface area (Å²) in [6, 6.07) is 32.0. The van der Waals surface area contributed by atoms with Crippen molar-refractivity contribution in [3.63, 3.8) is 0 Å². The van der Waals surface area contributed by atoms with E-state index in [0.29, 0.717) is 50.4 Å². The number of benzene rings is 4. The lowest BCUT2D eigenvalue weighted by atomic mass is 9.90. The Morgan fingerprint density at radius 2 is 1.41 bits per heavy atom. The summed E-state index contributed by atoms with van der Waals surface area (Å²) in [5, 5.41) is 2.78. The summed E-state index contributed by atoms with van der Waals surface area (Å²) in [5.74, 6) is 0.684. The fraction of sp³-hybridized carbons (Fsp3) is 0.419. The highest BCUT2D eigenvalue weighted by atomic mass is 35.5. The van der Waals surface area contributed by atoms with Crippen LogP contribution in [0.5, 0.6) is 5.75 Å². The third-order valence-corrected chi connectivity index (χ3v) is 9.57. The van der Waals surface area contributed by atoms with E-state index in [1.54, 1.807) is 6.07 Å². The van der Waals surface area contributed by atoms with Gasteiger partial charge in [-0.2, -0.15) is 13.2 Å². The number of unbranched alkanes of at least 4 members (excludes halogenated alkanes) is 7. The van der Waals surface area contributed by atoms with Crippen LogP contribution in [0.15, 0.2) is 103 Å². The Labute approximate surface area is 307 Å². The molecule has 4 nitrogen and oxygen atoms in total.